The van der Waals surface area contributed by atoms with E-state index in [4.69, 9.17) is 9.47 Å². The first-order valence-electron chi connectivity index (χ1n) is 9.18. The van der Waals surface area contributed by atoms with Gasteiger partial charge in [0.05, 0.1) is 20.0 Å². The van der Waals surface area contributed by atoms with Crippen molar-refractivity contribution in [2.45, 2.75) is 6.42 Å². The van der Waals surface area contributed by atoms with E-state index in [0.29, 0.717) is 35.4 Å². The molecule has 1 aliphatic heterocycles. The quantitative estimate of drug-likeness (QED) is 0.490. The Labute approximate surface area is 174 Å². The van der Waals surface area contributed by atoms with Gasteiger partial charge in [0.2, 0.25) is 5.91 Å². The molecule has 1 heterocycles. The van der Waals surface area contributed by atoms with Gasteiger partial charge in [-0.15, -0.1) is 5.10 Å². The van der Waals surface area contributed by atoms with Crippen molar-refractivity contribution in [1.82, 2.24) is 4.90 Å². The molecule has 7 heteroatoms. The molecular weight excluding hydrogens is 386 g/mol. The molecule has 0 aromatic heterocycles. The first-order valence-corrected chi connectivity index (χ1v) is 10.2. The lowest BCUT2D eigenvalue weighted by Gasteiger charge is -2.15. The van der Waals surface area contributed by atoms with Gasteiger partial charge in [0.1, 0.15) is 0 Å². The molecular formula is C22H23N3O3S. The molecule has 2 aromatic carbocycles. The molecule has 1 aliphatic rings. The highest BCUT2D eigenvalue weighted by Crippen LogP contribution is 2.28. The van der Waals surface area contributed by atoms with E-state index in [1.807, 2.05) is 60.7 Å². The van der Waals surface area contributed by atoms with E-state index < -0.39 is 0 Å². The second kappa shape index (κ2) is 10.5. The largest absolute Gasteiger partial charge is 0.493 e. The number of carbonyl (C=O) groups is 1. The number of hydrogen-bond donors (Lipinski definition) is 0. The van der Waals surface area contributed by atoms with E-state index >= 15 is 0 Å². The number of carbonyl (C=O) groups excluding carboxylic acids is 1. The summed E-state index contributed by atoms with van der Waals surface area (Å²) in [7, 11) is 3.22. The zero-order valence-electron chi connectivity index (χ0n) is 16.4. The maximum Gasteiger partial charge on any atom is 0.239 e. The van der Waals surface area contributed by atoms with Crippen LogP contribution in [0.5, 0.6) is 11.5 Å². The summed E-state index contributed by atoms with van der Waals surface area (Å²) in [5.74, 6) is 1.80. The Morgan fingerprint density at radius 1 is 1.10 bits per heavy atom. The molecule has 150 valence electrons. The molecule has 1 fully saturated rings. The highest BCUT2D eigenvalue weighted by atomic mass is 32.2. The molecule has 6 nitrogen and oxygen atoms in total. The third kappa shape index (κ3) is 5.71. The van der Waals surface area contributed by atoms with Crippen LogP contribution in [0.3, 0.4) is 0 Å². The van der Waals surface area contributed by atoms with Crippen LogP contribution in [0, 0.1) is 0 Å². The van der Waals surface area contributed by atoms with Crippen molar-refractivity contribution in [1.29, 1.82) is 0 Å². The van der Waals surface area contributed by atoms with E-state index in [-0.39, 0.29) is 5.91 Å². The summed E-state index contributed by atoms with van der Waals surface area (Å²) >= 11 is 1.41. The van der Waals surface area contributed by atoms with Crippen molar-refractivity contribution in [2.75, 3.05) is 26.5 Å². The molecule has 0 spiro atoms. The van der Waals surface area contributed by atoms with E-state index in [2.05, 4.69) is 10.2 Å². The maximum absolute atomic E-state index is 12.2. The first kappa shape index (κ1) is 20.7. The van der Waals surface area contributed by atoms with Gasteiger partial charge in [0, 0.05) is 12.8 Å². The van der Waals surface area contributed by atoms with Crippen LogP contribution in [0.2, 0.25) is 0 Å². The normalized spacial score (nSPS) is 15.7. The number of nitrogens with zero attached hydrogens (tertiary/aromatic N) is 3. The topological polar surface area (TPSA) is 63.5 Å². The zero-order chi connectivity index (χ0) is 20.5. The summed E-state index contributed by atoms with van der Waals surface area (Å²) in [6.07, 6.45) is 6.08. The summed E-state index contributed by atoms with van der Waals surface area (Å²) < 4.78 is 10.6. The summed E-state index contributed by atoms with van der Waals surface area (Å²) in [5.41, 5.74) is 2.15. The van der Waals surface area contributed by atoms with Crippen molar-refractivity contribution in [3.63, 3.8) is 0 Å². The van der Waals surface area contributed by atoms with E-state index in [1.165, 1.54) is 11.8 Å². The maximum atomic E-state index is 12.2. The molecule has 3 rings (SSSR count). The van der Waals surface area contributed by atoms with Crippen molar-refractivity contribution in [3.05, 3.63) is 65.7 Å². The van der Waals surface area contributed by atoms with Crippen LogP contribution in [-0.2, 0) is 11.2 Å². The number of ether oxygens (including phenoxy) is 2. The highest BCUT2D eigenvalue weighted by Gasteiger charge is 2.28. The van der Waals surface area contributed by atoms with Gasteiger partial charge in [-0.1, -0.05) is 54.2 Å². The Morgan fingerprint density at radius 3 is 2.66 bits per heavy atom. The second-order valence-corrected chi connectivity index (χ2v) is 7.13. The van der Waals surface area contributed by atoms with Crippen molar-refractivity contribution in [2.24, 2.45) is 10.2 Å². The molecule has 0 bridgehead atoms. The second-order valence-electron chi connectivity index (χ2n) is 6.19. The first-order chi connectivity index (χ1) is 14.2. The number of thioether (sulfide) groups is 1. The fourth-order valence-corrected chi connectivity index (χ4v) is 3.67. The molecule has 1 amide bonds. The van der Waals surface area contributed by atoms with Gasteiger partial charge in [0.25, 0.3) is 0 Å². The van der Waals surface area contributed by atoms with Crippen LogP contribution in [-0.4, -0.2) is 48.7 Å². The van der Waals surface area contributed by atoms with Gasteiger partial charge in [0.15, 0.2) is 16.7 Å². The van der Waals surface area contributed by atoms with Gasteiger partial charge in [-0.25, -0.2) is 0 Å². The van der Waals surface area contributed by atoms with Crippen LogP contribution in [0.4, 0.5) is 0 Å². The monoisotopic (exact) mass is 409 g/mol. The summed E-state index contributed by atoms with van der Waals surface area (Å²) in [6, 6.07) is 15.7. The fraction of sp³-hybridized carbons (Fsp3) is 0.227. The van der Waals surface area contributed by atoms with Crippen molar-refractivity contribution >= 4 is 35.1 Å². The lowest BCUT2D eigenvalue weighted by atomic mass is 10.1. The average Bonchev–Trinajstić information content (AvgIpc) is 3.11. The van der Waals surface area contributed by atoms with E-state index in [0.717, 1.165) is 11.1 Å². The third-order valence-corrected chi connectivity index (χ3v) is 5.26. The predicted octanol–water partition coefficient (Wildman–Crippen LogP) is 3.88. The Bertz CT molecular complexity index is 926. The Morgan fingerprint density at radius 2 is 1.90 bits per heavy atom. The molecule has 0 unspecified atom stereocenters. The fourth-order valence-electron chi connectivity index (χ4n) is 2.81. The number of hydrogen-bond acceptors (Lipinski definition) is 6. The Balaban J connectivity index is 1.60. The van der Waals surface area contributed by atoms with Crippen molar-refractivity contribution < 1.29 is 14.3 Å². The summed E-state index contributed by atoms with van der Waals surface area (Å²) in [5, 5.41) is 8.93. The van der Waals surface area contributed by atoms with Gasteiger partial charge in [-0.3, -0.25) is 9.69 Å². The molecule has 0 N–H and O–H groups in total. The van der Waals surface area contributed by atoms with Crippen LogP contribution in [0.1, 0.15) is 11.1 Å². The number of allylic oxidation sites excluding steroid dienone is 1. The van der Waals surface area contributed by atoms with E-state index in [9.17, 15) is 4.79 Å². The minimum atomic E-state index is 0.0456. The van der Waals surface area contributed by atoms with E-state index in [1.54, 1.807) is 25.3 Å². The molecule has 29 heavy (non-hydrogen) atoms. The van der Waals surface area contributed by atoms with Gasteiger partial charge >= 0.3 is 0 Å². The molecule has 1 saturated heterocycles. The van der Waals surface area contributed by atoms with Gasteiger partial charge < -0.3 is 9.47 Å². The minimum Gasteiger partial charge on any atom is -0.493 e. The Hall–Kier alpha value is -3.06. The zero-order valence-corrected chi connectivity index (χ0v) is 17.3. The van der Waals surface area contributed by atoms with Crippen molar-refractivity contribution in [3.8, 4) is 11.5 Å². The molecule has 0 saturated carbocycles. The minimum absolute atomic E-state index is 0.0456. The van der Waals surface area contributed by atoms with Crippen LogP contribution in [0.25, 0.3) is 6.08 Å². The number of methoxy groups -OCH3 is 2. The predicted molar refractivity (Wildman–Crippen MR) is 119 cm³/mol. The van der Waals surface area contributed by atoms with Crippen LogP contribution in [0.15, 0.2) is 64.8 Å². The number of benzene rings is 2. The summed E-state index contributed by atoms with van der Waals surface area (Å²) in [4.78, 5) is 13.9. The molecule has 2 aromatic rings. The molecule has 0 aliphatic carbocycles. The molecule has 0 atom stereocenters. The third-order valence-electron chi connectivity index (χ3n) is 4.31. The average molecular weight is 410 g/mol. The standard InChI is InChI=1S/C22H23N3O3S/c1-27-19-11-10-18(15-20(19)28-2)12-14-25-21(26)16-29-22(25)24-23-13-6-9-17-7-4-3-5-8-17/h3-11,13,15H,12,14,16H2,1-2H3/b9-6+,23-13-,24-22+. The van der Waals surface area contributed by atoms with Gasteiger partial charge in [-0.05, 0) is 35.8 Å². The van der Waals surface area contributed by atoms with Crippen LogP contribution >= 0.6 is 11.8 Å². The van der Waals surface area contributed by atoms with Gasteiger partial charge in [-0.2, -0.15) is 5.10 Å². The lowest BCUT2D eigenvalue weighted by Crippen LogP contribution is -2.31. The SMILES string of the molecule is COc1ccc(CCN2C(=O)CS/C2=N/N=C\C=C\c2ccccc2)cc1OC. The smallest absolute Gasteiger partial charge is 0.239 e. The Kier molecular flexibility index (Phi) is 7.47. The highest BCUT2D eigenvalue weighted by molar-refractivity contribution is 8.15. The number of rotatable bonds is 8. The number of amidine groups is 1. The summed E-state index contributed by atoms with van der Waals surface area (Å²) in [6.45, 7) is 0.537. The molecule has 0 radical (unpaired) electrons. The van der Waals surface area contributed by atoms with Crippen LogP contribution < -0.4 is 9.47 Å². The lowest BCUT2D eigenvalue weighted by molar-refractivity contribution is -0.124. The number of amides is 1.